The van der Waals surface area contributed by atoms with Crippen LogP contribution in [0.1, 0.15) is 10.6 Å². The lowest BCUT2D eigenvalue weighted by Gasteiger charge is -2.10. The number of hydrogen-bond donors (Lipinski definition) is 1. The smallest absolute Gasteiger partial charge is 0.406 e. The zero-order chi connectivity index (χ0) is 21.2. The molecule has 0 radical (unpaired) electrons. The van der Waals surface area contributed by atoms with Gasteiger partial charge in [-0.1, -0.05) is 29.8 Å². The lowest BCUT2D eigenvalue weighted by Crippen LogP contribution is -2.23. The van der Waals surface area contributed by atoms with Crippen LogP contribution in [-0.2, 0) is 16.6 Å². The van der Waals surface area contributed by atoms with Gasteiger partial charge < -0.3 is 4.74 Å². The van der Waals surface area contributed by atoms with Crippen molar-refractivity contribution in [3.63, 3.8) is 0 Å². The summed E-state index contributed by atoms with van der Waals surface area (Å²) in [5.41, 5.74) is 1.40. The van der Waals surface area contributed by atoms with Gasteiger partial charge in [0.1, 0.15) is 10.8 Å². The van der Waals surface area contributed by atoms with Gasteiger partial charge in [-0.05, 0) is 37.3 Å². The summed E-state index contributed by atoms with van der Waals surface area (Å²) in [6, 6.07) is 11.1. The summed E-state index contributed by atoms with van der Waals surface area (Å²) in [6.07, 6.45) is -4.85. The molecule has 0 saturated heterocycles. The first-order chi connectivity index (χ1) is 13.5. The van der Waals surface area contributed by atoms with Gasteiger partial charge in [0.15, 0.2) is 0 Å². The highest BCUT2D eigenvalue weighted by molar-refractivity contribution is 7.89. The second kappa shape index (κ2) is 8.31. The van der Waals surface area contributed by atoms with Gasteiger partial charge in [0, 0.05) is 17.0 Å². The molecule has 29 heavy (non-hydrogen) atoms. The molecule has 1 aromatic heterocycles. The summed E-state index contributed by atoms with van der Waals surface area (Å²) in [5, 5.41) is 1.20. The fourth-order valence-electron chi connectivity index (χ4n) is 2.41. The largest absolute Gasteiger partial charge is 0.573 e. The molecule has 0 fully saturated rings. The fraction of sp³-hybridized carbons (Fsp3) is 0.167. The molecule has 0 aliphatic carbocycles. The van der Waals surface area contributed by atoms with Crippen molar-refractivity contribution in [2.75, 3.05) is 0 Å². The van der Waals surface area contributed by atoms with Crippen molar-refractivity contribution in [2.24, 2.45) is 0 Å². The SMILES string of the molecule is Cc1nc(-c2ccccc2Cl)sc1CNS(=O)(=O)c1ccc(OC(F)(F)F)cc1. The van der Waals surface area contributed by atoms with Crippen LogP contribution in [-0.4, -0.2) is 19.8 Å². The number of benzene rings is 2. The molecule has 3 rings (SSSR count). The number of rotatable bonds is 6. The van der Waals surface area contributed by atoms with Crippen LogP contribution in [0, 0.1) is 6.92 Å². The number of nitrogens with one attached hydrogen (secondary N) is 1. The van der Waals surface area contributed by atoms with Crippen LogP contribution in [0.4, 0.5) is 13.2 Å². The lowest BCUT2D eigenvalue weighted by molar-refractivity contribution is -0.274. The van der Waals surface area contributed by atoms with Gasteiger partial charge in [-0.15, -0.1) is 24.5 Å². The molecule has 0 spiro atoms. The van der Waals surface area contributed by atoms with E-state index in [1.165, 1.54) is 11.3 Å². The lowest BCUT2D eigenvalue weighted by atomic mass is 10.2. The van der Waals surface area contributed by atoms with Gasteiger partial charge in [0.25, 0.3) is 0 Å². The number of alkyl halides is 3. The number of ether oxygens (including phenoxy) is 1. The topological polar surface area (TPSA) is 68.3 Å². The number of halogens is 4. The van der Waals surface area contributed by atoms with E-state index in [9.17, 15) is 21.6 Å². The van der Waals surface area contributed by atoms with E-state index < -0.39 is 22.1 Å². The van der Waals surface area contributed by atoms with Gasteiger partial charge in [-0.25, -0.2) is 18.1 Å². The summed E-state index contributed by atoms with van der Waals surface area (Å²) in [7, 11) is -3.93. The number of nitrogens with zero attached hydrogens (tertiary/aromatic N) is 1. The zero-order valence-electron chi connectivity index (χ0n) is 14.8. The number of aryl methyl sites for hydroxylation is 1. The summed E-state index contributed by atoms with van der Waals surface area (Å²) in [4.78, 5) is 4.95. The summed E-state index contributed by atoms with van der Waals surface area (Å²) in [6.45, 7) is 1.74. The highest BCUT2D eigenvalue weighted by Crippen LogP contribution is 2.33. The molecular weight excluding hydrogens is 449 g/mol. The first-order valence-electron chi connectivity index (χ1n) is 8.12. The van der Waals surface area contributed by atoms with E-state index in [1.807, 2.05) is 12.1 Å². The molecule has 0 aliphatic rings. The van der Waals surface area contributed by atoms with Crippen LogP contribution in [0.2, 0.25) is 5.02 Å². The standard InChI is InChI=1S/C18H14ClF3N2O3S2/c1-11-16(28-17(24-11)14-4-2-3-5-15(14)19)10-23-29(25,26)13-8-6-12(7-9-13)27-18(20,21)22/h2-9,23H,10H2,1H3. The highest BCUT2D eigenvalue weighted by Gasteiger charge is 2.31. The number of hydrogen-bond acceptors (Lipinski definition) is 5. The number of thiazole rings is 1. The molecule has 11 heteroatoms. The van der Waals surface area contributed by atoms with Crippen molar-refractivity contribution >= 4 is 33.0 Å². The van der Waals surface area contributed by atoms with E-state index in [0.29, 0.717) is 20.6 Å². The summed E-state index contributed by atoms with van der Waals surface area (Å²) in [5.74, 6) is -0.501. The van der Waals surface area contributed by atoms with Crippen LogP contribution in [0.25, 0.3) is 10.6 Å². The van der Waals surface area contributed by atoms with Gasteiger partial charge in [-0.2, -0.15) is 0 Å². The average Bonchev–Trinajstić information content (AvgIpc) is 3.00. The van der Waals surface area contributed by atoms with Crippen molar-refractivity contribution in [3.05, 3.63) is 64.1 Å². The van der Waals surface area contributed by atoms with Gasteiger partial charge >= 0.3 is 6.36 Å². The second-order valence-corrected chi connectivity index (χ2v) is 9.11. The van der Waals surface area contributed by atoms with E-state index in [4.69, 9.17) is 11.6 Å². The minimum atomic E-state index is -4.85. The van der Waals surface area contributed by atoms with Crippen molar-refractivity contribution in [2.45, 2.75) is 24.7 Å². The Kier molecular flexibility index (Phi) is 6.18. The van der Waals surface area contributed by atoms with Gasteiger partial charge in [0.05, 0.1) is 15.6 Å². The van der Waals surface area contributed by atoms with Crippen molar-refractivity contribution in [1.29, 1.82) is 0 Å². The molecule has 0 unspecified atom stereocenters. The molecule has 3 aromatic rings. The Morgan fingerprint density at radius 3 is 2.41 bits per heavy atom. The first kappa shape index (κ1) is 21.6. The monoisotopic (exact) mass is 462 g/mol. The summed E-state index contributed by atoms with van der Waals surface area (Å²) < 4.78 is 67.6. The molecule has 0 atom stereocenters. The molecule has 0 aliphatic heterocycles. The Morgan fingerprint density at radius 2 is 1.79 bits per heavy atom. The molecular formula is C18H14ClF3N2O3S2. The Labute approximate surface area is 174 Å². The third-order valence-corrected chi connectivity index (χ3v) is 6.72. The number of aromatic nitrogens is 1. The Balaban J connectivity index is 1.73. The van der Waals surface area contributed by atoms with E-state index >= 15 is 0 Å². The maximum absolute atomic E-state index is 12.4. The molecule has 2 aromatic carbocycles. The molecule has 0 bridgehead atoms. The molecule has 0 saturated carbocycles. The van der Waals surface area contributed by atoms with Crippen LogP contribution in [0.5, 0.6) is 5.75 Å². The second-order valence-electron chi connectivity index (χ2n) is 5.85. The predicted molar refractivity (Wildman–Crippen MR) is 104 cm³/mol. The highest BCUT2D eigenvalue weighted by atomic mass is 35.5. The van der Waals surface area contributed by atoms with Gasteiger partial charge in [0.2, 0.25) is 10.0 Å². The predicted octanol–water partition coefficient (Wildman–Crippen LogP) is 5.15. The first-order valence-corrected chi connectivity index (χ1v) is 10.8. The van der Waals surface area contributed by atoms with Gasteiger partial charge in [-0.3, -0.25) is 0 Å². The maximum Gasteiger partial charge on any atom is 0.573 e. The van der Waals surface area contributed by atoms with E-state index in [-0.39, 0.29) is 11.4 Å². The molecule has 0 amide bonds. The van der Waals surface area contributed by atoms with Crippen LogP contribution >= 0.6 is 22.9 Å². The molecule has 1 N–H and O–H groups in total. The van der Waals surface area contributed by atoms with Crippen molar-refractivity contribution < 1.29 is 26.3 Å². The number of sulfonamides is 1. The average molecular weight is 463 g/mol. The fourth-order valence-corrected chi connectivity index (χ4v) is 4.82. The minimum absolute atomic E-state index is 0.0168. The minimum Gasteiger partial charge on any atom is -0.406 e. The Hall–Kier alpha value is -2.14. The maximum atomic E-state index is 12.4. The summed E-state index contributed by atoms with van der Waals surface area (Å²) >= 11 is 7.48. The molecule has 5 nitrogen and oxygen atoms in total. The van der Waals surface area contributed by atoms with E-state index in [0.717, 1.165) is 29.8 Å². The molecule has 1 heterocycles. The quantitative estimate of drug-likeness (QED) is 0.550. The third kappa shape index (κ3) is 5.47. The van der Waals surface area contributed by atoms with Crippen molar-refractivity contribution in [1.82, 2.24) is 9.71 Å². The Morgan fingerprint density at radius 1 is 1.14 bits per heavy atom. The van der Waals surface area contributed by atoms with E-state index in [1.54, 1.807) is 19.1 Å². The van der Waals surface area contributed by atoms with Crippen molar-refractivity contribution in [3.8, 4) is 16.3 Å². The van der Waals surface area contributed by atoms with Crippen LogP contribution < -0.4 is 9.46 Å². The van der Waals surface area contributed by atoms with Crippen LogP contribution in [0.15, 0.2) is 53.4 Å². The normalized spacial score (nSPS) is 12.2. The van der Waals surface area contributed by atoms with Crippen LogP contribution in [0.3, 0.4) is 0 Å². The Bertz CT molecular complexity index is 1110. The zero-order valence-corrected chi connectivity index (χ0v) is 17.2. The van der Waals surface area contributed by atoms with E-state index in [2.05, 4.69) is 14.4 Å². The molecule has 154 valence electrons. The third-order valence-electron chi connectivity index (χ3n) is 3.79.